The second-order valence-corrected chi connectivity index (χ2v) is 9.58. The third kappa shape index (κ3) is 5.41. The number of hydrogen-bond donors (Lipinski definition) is 4. The van der Waals surface area contributed by atoms with Gasteiger partial charge in [0.25, 0.3) is 21.7 Å². The van der Waals surface area contributed by atoms with Crippen LogP contribution in [0.4, 0.5) is 20.2 Å². The molecule has 0 aliphatic carbocycles. The summed E-state index contributed by atoms with van der Waals surface area (Å²) < 4.78 is 52.7. The van der Waals surface area contributed by atoms with Crippen LogP contribution in [0.1, 0.15) is 10.4 Å². The fourth-order valence-corrected chi connectivity index (χ4v) is 4.64. The van der Waals surface area contributed by atoms with Crippen LogP contribution in [0, 0.1) is 0 Å². The van der Waals surface area contributed by atoms with Crippen LogP contribution in [0.15, 0.2) is 81.3 Å². The van der Waals surface area contributed by atoms with Crippen LogP contribution in [-0.2, 0) is 10.0 Å². The summed E-state index contributed by atoms with van der Waals surface area (Å²) in [4.78, 5) is 29.4. The topological polar surface area (TPSA) is 124 Å². The molecule has 0 saturated carbocycles. The predicted octanol–water partition coefficient (Wildman–Crippen LogP) is 4.22. The van der Waals surface area contributed by atoms with E-state index in [-0.39, 0.29) is 21.8 Å². The number of fused-ring (bicyclic) bond motifs is 1. The number of hydrogen-bond acceptors (Lipinski definition) is 5. The lowest BCUT2D eigenvalue weighted by Gasteiger charge is -2.10. The number of rotatable bonds is 7. The molecule has 12 heteroatoms. The SMILES string of the molecule is O=C(Nc1ccc2[nH]c(=O)[nH]c2c1)c1cccc(S(=O)(=O)Nc2ccc(SC(F)F)cc2)c1. The van der Waals surface area contributed by atoms with Gasteiger partial charge in [0.2, 0.25) is 0 Å². The summed E-state index contributed by atoms with van der Waals surface area (Å²) in [5.74, 6) is -3.12. The largest absolute Gasteiger partial charge is 0.323 e. The van der Waals surface area contributed by atoms with Gasteiger partial charge in [0.1, 0.15) is 0 Å². The van der Waals surface area contributed by atoms with Crippen molar-refractivity contribution in [2.75, 3.05) is 10.0 Å². The van der Waals surface area contributed by atoms with Crippen molar-refractivity contribution >= 4 is 50.1 Å². The van der Waals surface area contributed by atoms with Crippen molar-refractivity contribution < 1.29 is 22.0 Å². The smallest absolute Gasteiger partial charge is 0.322 e. The molecule has 0 aliphatic rings. The normalized spacial score (nSPS) is 11.6. The van der Waals surface area contributed by atoms with E-state index in [2.05, 4.69) is 20.0 Å². The van der Waals surface area contributed by atoms with Gasteiger partial charge in [-0.3, -0.25) is 9.52 Å². The minimum atomic E-state index is -4.03. The molecule has 3 aromatic carbocycles. The highest BCUT2D eigenvalue weighted by Gasteiger charge is 2.17. The molecule has 0 bridgehead atoms. The number of carbonyl (C=O) groups excluding carboxylic acids is 1. The maximum absolute atomic E-state index is 12.7. The van der Waals surface area contributed by atoms with Gasteiger partial charge in [-0.15, -0.1) is 0 Å². The Hall–Kier alpha value is -3.64. The zero-order valence-electron chi connectivity index (χ0n) is 16.6. The third-order valence-electron chi connectivity index (χ3n) is 4.51. The molecule has 1 amide bonds. The number of nitrogens with one attached hydrogen (secondary N) is 4. The molecule has 0 spiro atoms. The predicted molar refractivity (Wildman–Crippen MR) is 122 cm³/mol. The van der Waals surface area contributed by atoms with Crippen LogP contribution in [0.3, 0.4) is 0 Å². The van der Waals surface area contributed by atoms with Crippen molar-refractivity contribution in [3.8, 4) is 0 Å². The molecular formula is C21H16F2N4O4S2. The summed E-state index contributed by atoms with van der Waals surface area (Å²) in [7, 11) is -4.03. The lowest BCUT2D eigenvalue weighted by atomic mass is 10.2. The lowest BCUT2D eigenvalue weighted by molar-refractivity contribution is 0.102. The number of anilines is 2. The van der Waals surface area contributed by atoms with E-state index in [9.17, 15) is 26.8 Å². The van der Waals surface area contributed by atoms with E-state index in [4.69, 9.17) is 0 Å². The van der Waals surface area contributed by atoms with Crippen molar-refractivity contribution in [3.05, 3.63) is 82.8 Å². The summed E-state index contributed by atoms with van der Waals surface area (Å²) >= 11 is 0.355. The Morgan fingerprint density at radius 1 is 0.909 bits per heavy atom. The van der Waals surface area contributed by atoms with Crippen LogP contribution in [0.5, 0.6) is 0 Å². The molecule has 4 N–H and O–H groups in total. The van der Waals surface area contributed by atoms with E-state index in [1.165, 1.54) is 48.5 Å². The molecule has 0 saturated heterocycles. The van der Waals surface area contributed by atoms with Gasteiger partial charge in [0.15, 0.2) is 0 Å². The third-order valence-corrected chi connectivity index (χ3v) is 6.61. The fourth-order valence-electron chi connectivity index (χ4n) is 3.04. The van der Waals surface area contributed by atoms with E-state index in [0.29, 0.717) is 33.4 Å². The molecule has 0 atom stereocenters. The molecule has 33 heavy (non-hydrogen) atoms. The number of alkyl halides is 2. The van der Waals surface area contributed by atoms with Crippen molar-refractivity contribution in [2.45, 2.75) is 15.5 Å². The van der Waals surface area contributed by atoms with Gasteiger partial charge in [-0.25, -0.2) is 13.2 Å². The number of benzene rings is 3. The van der Waals surface area contributed by atoms with Crippen LogP contribution in [-0.4, -0.2) is 30.1 Å². The van der Waals surface area contributed by atoms with Crippen LogP contribution in [0.25, 0.3) is 11.0 Å². The number of imidazole rings is 1. The number of sulfonamides is 1. The highest BCUT2D eigenvalue weighted by molar-refractivity contribution is 7.99. The van der Waals surface area contributed by atoms with E-state index in [1.807, 2.05) is 0 Å². The second kappa shape index (κ2) is 9.08. The zero-order valence-corrected chi connectivity index (χ0v) is 18.3. The number of amides is 1. The van der Waals surface area contributed by atoms with Crippen molar-refractivity contribution in [3.63, 3.8) is 0 Å². The molecule has 0 radical (unpaired) electrons. The minimum absolute atomic E-state index is 0.101. The number of H-pyrrole nitrogens is 2. The van der Waals surface area contributed by atoms with Gasteiger partial charge < -0.3 is 15.3 Å². The van der Waals surface area contributed by atoms with Crippen LogP contribution >= 0.6 is 11.8 Å². The first-order valence-corrected chi connectivity index (χ1v) is 11.8. The minimum Gasteiger partial charge on any atom is -0.322 e. The van der Waals surface area contributed by atoms with E-state index in [0.717, 1.165) is 0 Å². The van der Waals surface area contributed by atoms with Gasteiger partial charge in [-0.05, 0) is 60.7 Å². The summed E-state index contributed by atoms with van der Waals surface area (Å²) in [5.41, 5.74) is 1.42. The number of aromatic nitrogens is 2. The first-order chi connectivity index (χ1) is 15.7. The average Bonchev–Trinajstić information content (AvgIpc) is 3.14. The maximum Gasteiger partial charge on any atom is 0.323 e. The van der Waals surface area contributed by atoms with Crippen molar-refractivity contribution in [1.29, 1.82) is 0 Å². The molecule has 0 unspecified atom stereocenters. The Kier molecular flexibility index (Phi) is 6.20. The first kappa shape index (κ1) is 22.6. The highest BCUT2D eigenvalue weighted by Crippen LogP contribution is 2.27. The molecular weight excluding hydrogens is 474 g/mol. The summed E-state index contributed by atoms with van der Waals surface area (Å²) in [6.45, 7) is 0. The van der Waals surface area contributed by atoms with Gasteiger partial charge in [-0.1, -0.05) is 17.8 Å². The van der Waals surface area contributed by atoms with Crippen molar-refractivity contribution in [1.82, 2.24) is 9.97 Å². The Labute approximate surface area is 190 Å². The summed E-state index contributed by atoms with van der Waals surface area (Å²) in [5, 5.41) is 2.66. The maximum atomic E-state index is 12.7. The molecule has 8 nitrogen and oxygen atoms in total. The quantitative estimate of drug-likeness (QED) is 0.289. The first-order valence-electron chi connectivity index (χ1n) is 9.41. The fraction of sp³-hybridized carbons (Fsp3) is 0.0476. The van der Waals surface area contributed by atoms with Crippen LogP contribution in [0.2, 0.25) is 0 Å². The highest BCUT2D eigenvalue weighted by atomic mass is 32.2. The molecule has 0 fully saturated rings. The average molecular weight is 491 g/mol. The lowest BCUT2D eigenvalue weighted by Crippen LogP contribution is -2.16. The molecule has 4 rings (SSSR count). The molecule has 0 aliphatic heterocycles. The van der Waals surface area contributed by atoms with Crippen molar-refractivity contribution in [2.24, 2.45) is 0 Å². The monoisotopic (exact) mass is 490 g/mol. The van der Waals surface area contributed by atoms with Crippen LogP contribution < -0.4 is 15.7 Å². The van der Waals surface area contributed by atoms with E-state index < -0.39 is 21.7 Å². The zero-order chi connectivity index (χ0) is 23.6. The van der Waals surface area contributed by atoms with Gasteiger partial charge in [-0.2, -0.15) is 8.78 Å². The molecule has 1 aromatic heterocycles. The Morgan fingerprint density at radius 2 is 1.61 bits per heavy atom. The molecule has 170 valence electrons. The number of halogens is 2. The molecule has 1 heterocycles. The van der Waals surface area contributed by atoms with Gasteiger partial charge in [0.05, 0.1) is 15.9 Å². The standard InChI is InChI=1S/C21H16F2N4O4S2/c22-20(23)32-15-7-4-13(5-8-15)27-33(30,31)16-3-1-2-12(10-16)19(28)24-14-6-9-17-18(11-14)26-21(29)25-17/h1-11,20,27H,(H,24,28)(H2,25,26,29). The Bertz CT molecular complexity index is 1480. The summed E-state index contributed by atoms with van der Waals surface area (Å²) in [6, 6.07) is 15.7. The number of carbonyl (C=O) groups is 1. The van der Waals surface area contributed by atoms with E-state index in [1.54, 1.807) is 18.2 Å². The molecule has 4 aromatic rings. The number of aromatic amines is 2. The van der Waals surface area contributed by atoms with Gasteiger partial charge >= 0.3 is 5.69 Å². The Balaban J connectivity index is 1.50. The second-order valence-electron chi connectivity index (χ2n) is 6.83. The van der Waals surface area contributed by atoms with Gasteiger partial charge in [0, 0.05) is 21.8 Å². The number of thioether (sulfide) groups is 1. The van der Waals surface area contributed by atoms with E-state index >= 15 is 0 Å². The summed E-state index contributed by atoms with van der Waals surface area (Å²) in [6.07, 6.45) is 0. The Morgan fingerprint density at radius 3 is 2.33 bits per heavy atom.